The summed E-state index contributed by atoms with van der Waals surface area (Å²) in [5.74, 6) is 0. The molecule has 4 heteroatoms. The summed E-state index contributed by atoms with van der Waals surface area (Å²) < 4.78 is 10.6. The van der Waals surface area contributed by atoms with Crippen molar-refractivity contribution >= 4 is 13.3 Å². The molecule has 0 aliphatic rings. The summed E-state index contributed by atoms with van der Waals surface area (Å²) >= 11 is 0. The van der Waals surface area contributed by atoms with E-state index in [9.17, 15) is 4.57 Å². The van der Waals surface area contributed by atoms with E-state index in [4.69, 9.17) is 10.00 Å². The van der Waals surface area contributed by atoms with Crippen LogP contribution in [0.1, 0.15) is 5.56 Å². The quantitative estimate of drug-likeness (QED) is 0.668. The van der Waals surface area contributed by atoms with E-state index in [-0.39, 0.29) is 6.61 Å². The zero-order chi connectivity index (χ0) is 8.97. The summed E-state index contributed by atoms with van der Waals surface area (Å²) in [5.41, 5.74) is 0.976. The molecule has 0 saturated carbocycles. The SMILES string of the molecule is O=[PH](O)c1ccc(CCO)cc1. The summed E-state index contributed by atoms with van der Waals surface area (Å²) in [5, 5.41) is 9.05. The molecule has 1 unspecified atom stereocenters. The standard InChI is InChI=1S/C8H11O3P/c9-6-5-7-1-3-8(4-2-7)12(10)11/h1-4,9,12H,5-6H2,(H,10,11). The lowest BCUT2D eigenvalue weighted by molar-refractivity contribution is 0.299. The summed E-state index contributed by atoms with van der Waals surface area (Å²) in [6, 6.07) is 6.74. The zero-order valence-corrected chi connectivity index (χ0v) is 7.53. The van der Waals surface area contributed by atoms with E-state index in [0.717, 1.165) is 5.56 Å². The van der Waals surface area contributed by atoms with Gasteiger partial charge in [0.1, 0.15) is 0 Å². The first-order valence-electron chi connectivity index (χ1n) is 3.67. The van der Waals surface area contributed by atoms with Crippen LogP contribution in [-0.4, -0.2) is 16.6 Å². The van der Waals surface area contributed by atoms with Crippen molar-refractivity contribution < 1.29 is 14.6 Å². The van der Waals surface area contributed by atoms with Crippen molar-refractivity contribution in [2.75, 3.05) is 6.61 Å². The van der Waals surface area contributed by atoms with Crippen LogP contribution in [0.2, 0.25) is 0 Å². The van der Waals surface area contributed by atoms with Gasteiger partial charge in [0.15, 0.2) is 0 Å². The van der Waals surface area contributed by atoms with Crippen molar-refractivity contribution in [2.45, 2.75) is 6.42 Å². The van der Waals surface area contributed by atoms with Crippen molar-refractivity contribution in [2.24, 2.45) is 0 Å². The van der Waals surface area contributed by atoms with Gasteiger partial charge in [-0.3, -0.25) is 4.57 Å². The molecule has 1 rings (SSSR count). The lowest BCUT2D eigenvalue weighted by Gasteiger charge is -1.98. The minimum atomic E-state index is -2.56. The Morgan fingerprint density at radius 2 is 1.83 bits per heavy atom. The molecule has 1 aromatic rings. The van der Waals surface area contributed by atoms with Crippen LogP contribution in [0.4, 0.5) is 0 Å². The van der Waals surface area contributed by atoms with Crippen LogP contribution in [0.5, 0.6) is 0 Å². The molecule has 0 saturated heterocycles. The molecule has 0 spiro atoms. The fourth-order valence-corrected chi connectivity index (χ4v) is 1.39. The van der Waals surface area contributed by atoms with Gasteiger partial charge in [0.05, 0.1) is 0 Å². The van der Waals surface area contributed by atoms with Crippen LogP contribution in [0.15, 0.2) is 24.3 Å². The highest BCUT2D eigenvalue weighted by Crippen LogP contribution is 2.12. The third-order valence-electron chi connectivity index (χ3n) is 1.60. The van der Waals surface area contributed by atoms with Gasteiger partial charge in [0.25, 0.3) is 0 Å². The first-order valence-corrected chi connectivity index (χ1v) is 5.02. The molecule has 66 valence electrons. The predicted molar refractivity (Wildman–Crippen MR) is 48.1 cm³/mol. The fourth-order valence-electron chi connectivity index (χ4n) is 0.943. The number of hydrogen-bond donors (Lipinski definition) is 2. The molecule has 0 aromatic heterocycles. The van der Waals surface area contributed by atoms with Crippen LogP contribution in [0.3, 0.4) is 0 Å². The van der Waals surface area contributed by atoms with E-state index in [2.05, 4.69) is 0 Å². The van der Waals surface area contributed by atoms with Gasteiger partial charge < -0.3 is 10.00 Å². The Kier molecular flexibility index (Phi) is 3.48. The number of aliphatic hydroxyl groups excluding tert-OH is 1. The van der Waals surface area contributed by atoms with Crippen molar-refractivity contribution in [3.63, 3.8) is 0 Å². The Morgan fingerprint density at radius 1 is 1.25 bits per heavy atom. The monoisotopic (exact) mass is 186 g/mol. The van der Waals surface area contributed by atoms with E-state index >= 15 is 0 Å². The predicted octanol–water partition coefficient (Wildman–Crippen LogP) is 0.314. The first-order chi connectivity index (χ1) is 5.74. The molecule has 0 aliphatic carbocycles. The molecule has 1 atom stereocenters. The molecule has 0 bridgehead atoms. The lowest BCUT2D eigenvalue weighted by Crippen LogP contribution is -1.97. The summed E-state index contributed by atoms with van der Waals surface area (Å²) in [7, 11) is -2.56. The van der Waals surface area contributed by atoms with Gasteiger partial charge in [-0.25, -0.2) is 0 Å². The Bertz CT molecular complexity index is 268. The number of hydrogen-bond acceptors (Lipinski definition) is 2. The Balaban J connectivity index is 2.78. The van der Waals surface area contributed by atoms with Gasteiger partial charge in [0, 0.05) is 11.9 Å². The van der Waals surface area contributed by atoms with Gasteiger partial charge in [-0.05, 0) is 24.1 Å². The van der Waals surface area contributed by atoms with Crippen LogP contribution < -0.4 is 5.30 Å². The molecule has 0 radical (unpaired) electrons. The van der Waals surface area contributed by atoms with E-state index in [1.165, 1.54) is 0 Å². The molecule has 0 heterocycles. The highest BCUT2D eigenvalue weighted by molar-refractivity contribution is 7.47. The summed E-state index contributed by atoms with van der Waals surface area (Å²) in [4.78, 5) is 8.74. The maximum absolute atomic E-state index is 10.6. The summed E-state index contributed by atoms with van der Waals surface area (Å²) in [6.07, 6.45) is 0.590. The zero-order valence-electron chi connectivity index (χ0n) is 6.53. The second kappa shape index (κ2) is 4.41. The highest BCUT2D eigenvalue weighted by atomic mass is 31.1. The third-order valence-corrected chi connectivity index (χ3v) is 2.43. The lowest BCUT2D eigenvalue weighted by atomic mass is 10.2. The molecule has 12 heavy (non-hydrogen) atoms. The van der Waals surface area contributed by atoms with Gasteiger partial charge in [-0.15, -0.1) is 0 Å². The van der Waals surface area contributed by atoms with Crippen molar-refractivity contribution in [3.05, 3.63) is 29.8 Å². The average molecular weight is 186 g/mol. The van der Waals surface area contributed by atoms with E-state index in [1.54, 1.807) is 24.3 Å². The largest absolute Gasteiger partial charge is 0.396 e. The maximum atomic E-state index is 10.6. The number of benzene rings is 1. The van der Waals surface area contributed by atoms with Crippen LogP contribution in [0, 0.1) is 0 Å². The topological polar surface area (TPSA) is 57.5 Å². The smallest absolute Gasteiger partial charge is 0.218 e. The number of aliphatic hydroxyl groups is 1. The van der Waals surface area contributed by atoms with Crippen molar-refractivity contribution in [1.29, 1.82) is 0 Å². The van der Waals surface area contributed by atoms with Gasteiger partial charge in [-0.1, -0.05) is 12.1 Å². The van der Waals surface area contributed by atoms with Crippen LogP contribution in [0.25, 0.3) is 0 Å². The maximum Gasteiger partial charge on any atom is 0.218 e. The normalized spacial score (nSPS) is 12.8. The van der Waals surface area contributed by atoms with Crippen LogP contribution in [-0.2, 0) is 11.0 Å². The van der Waals surface area contributed by atoms with E-state index in [1.807, 2.05) is 0 Å². The summed E-state index contributed by atoms with van der Waals surface area (Å²) in [6.45, 7) is 0.105. The Morgan fingerprint density at radius 3 is 2.25 bits per heavy atom. The molecule has 2 N–H and O–H groups in total. The van der Waals surface area contributed by atoms with Crippen molar-refractivity contribution in [3.8, 4) is 0 Å². The Hall–Kier alpha value is -0.630. The molecule has 1 aromatic carbocycles. The minimum absolute atomic E-state index is 0.105. The molecular weight excluding hydrogens is 175 g/mol. The second-order valence-corrected chi connectivity index (χ2v) is 3.66. The van der Waals surface area contributed by atoms with E-state index in [0.29, 0.717) is 11.7 Å². The van der Waals surface area contributed by atoms with Gasteiger partial charge in [0.2, 0.25) is 8.03 Å². The minimum Gasteiger partial charge on any atom is -0.396 e. The van der Waals surface area contributed by atoms with Crippen LogP contribution >= 0.6 is 8.03 Å². The second-order valence-electron chi connectivity index (χ2n) is 2.48. The molecular formula is C8H11O3P. The molecule has 3 nitrogen and oxygen atoms in total. The van der Waals surface area contributed by atoms with Gasteiger partial charge >= 0.3 is 0 Å². The molecule has 0 fully saturated rings. The first kappa shape index (κ1) is 9.46. The molecule has 0 amide bonds. The highest BCUT2D eigenvalue weighted by Gasteiger charge is 1.97. The fraction of sp³-hybridized carbons (Fsp3) is 0.250. The van der Waals surface area contributed by atoms with E-state index < -0.39 is 8.03 Å². The molecule has 0 aliphatic heterocycles. The van der Waals surface area contributed by atoms with Gasteiger partial charge in [-0.2, -0.15) is 0 Å². The average Bonchev–Trinajstić information content (AvgIpc) is 2.06. The number of rotatable bonds is 3. The third kappa shape index (κ3) is 2.45. The Labute approximate surface area is 71.5 Å². The van der Waals surface area contributed by atoms with Crippen molar-refractivity contribution in [1.82, 2.24) is 0 Å².